The van der Waals surface area contributed by atoms with Crippen molar-refractivity contribution in [2.75, 3.05) is 13.2 Å². The number of ether oxygens (including phenoxy) is 2. The van der Waals surface area contributed by atoms with Crippen molar-refractivity contribution in [3.05, 3.63) is 93.6 Å². The van der Waals surface area contributed by atoms with E-state index in [1.165, 1.54) is 0 Å². The van der Waals surface area contributed by atoms with Crippen LogP contribution >= 0.6 is 22.6 Å². The van der Waals surface area contributed by atoms with Gasteiger partial charge in [-0.2, -0.15) is 0 Å². The number of para-hydroxylation sites is 1. The standard InChI is InChI=1S/C22H19IN2O4/c23-20-9-5-4-8-19(20)22(27)25-24-21(26)16-10-12-18(13-11-16)29-15-14-28-17-6-2-1-3-7-17/h1-13H,14-15H2,(H,24,26)(H,25,27). The summed E-state index contributed by atoms with van der Waals surface area (Å²) in [6.45, 7) is 0.794. The molecule has 3 aromatic rings. The van der Waals surface area contributed by atoms with Crippen molar-refractivity contribution in [3.8, 4) is 11.5 Å². The quantitative estimate of drug-likeness (QED) is 0.293. The van der Waals surface area contributed by atoms with Crippen LogP contribution in [0.3, 0.4) is 0 Å². The van der Waals surface area contributed by atoms with E-state index in [4.69, 9.17) is 9.47 Å². The molecule has 7 heteroatoms. The van der Waals surface area contributed by atoms with Gasteiger partial charge >= 0.3 is 0 Å². The summed E-state index contributed by atoms with van der Waals surface area (Å²) >= 11 is 2.07. The Labute approximate surface area is 182 Å². The summed E-state index contributed by atoms with van der Waals surface area (Å²) < 4.78 is 12.0. The maximum atomic E-state index is 12.2. The first-order chi connectivity index (χ1) is 14.1. The first kappa shape index (κ1) is 20.7. The van der Waals surface area contributed by atoms with Gasteiger partial charge in [0, 0.05) is 9.13 Å². The van der Waals surface area contributed by atoms with E-state index in [1.54, 1.807) is 36.4 Å². The van der Waals surface area contributed by atoms with Gasteiger partial charge in [-0.05, 0) is 71.1 Å². The Bertz CT molecular complexity index is 962. The molecule has 0 atom stereocenters. The molecule has 0 aliphatic heterocycles. The monoisotopic (exact) mass is 502 g/mol. The molecule has 0 aliphatic rings. The molecule has 148 valence electrons. The number of benzene rings is 3. The van der Waals surface area contributed by atoms with Crippen LogP contribution in [0.5, 0.6) is 11.5 Å². The summed E-state index contributed by atoms with van der Waals surface area (Å²) in [5.41, 5.74) is 5.73. The first-order valence-electron chi connectivity index (χ1n) is 8.89. The highest BCUT2D eigenvalue weighted by Gasteiger charge is 2.11. The van der Waals surface area contributed by atoms with Gasteiger partial charge in [0.25, 0.3) is 11.8 Å². The third-order valence-electron chi connectivity index (χ3n) is 3.89. The van der Waals surface area contributed by atoms with Gasteiger partial charge in [0.2, 0.25) is 0 Å². The van der Waals surface area contributed by atoms with Gasteiger partial charge in [-0.1, -0.05) is 30.3 Å². The van der Waals surface area contributed by atoms with Crippen molar-refractivity contribution in [2.45, 2.75) is 0 Å². The van der Waals surface area contributed by atoms with E-state index in [1.807, 2.05) is 42.5 Å². The molecule has 3 aromatic carbocycles. The third-order valence-corrected chi connectivity index (χ3v) is 4.83. The lowest BCUT2D eigenvalue weighted by atomic mass is 10.2. The lowest BCUT2D eigenvalue weighted by Crippen LogP contribution is -2.41. The number of hydrogen-bond donors (Lipinski definition) is 2. The zero-order valence-electron chi connectivity index (χ0n) is 15.4. The van der Waals surface area contributed by atoms with E-state index in [9.17, 15) is 9.59 Å². The van der Waals surface area contributed by atoms with E-state index in [0.717, 1.165) is 9.32 Å². The van der Waals surface area contributed by atoms with E-state index < -0.39 is 5.91 Å². The Kier molecular flexibility index (Phi) is 7.46. The molecule has 2 amide bonds. The summed E-state index contributed by atoms with van der Waals surface area (Å²) in [5.74, 6) is 0.626. The van der Waals surface area contributed by atoms with Gasteiger partial charge in [0.15, 0.2) is 0 Å². The fourth-order valence-corrected chi connectivity index (χ4v) is 3.07. The molecule has 0 aromatic heterocycles. The second kappa shape index (κ2) is 10.5. The summed E-state index contributed by atoms with van der Waals surface area (Å²) in [6, 6.07) is 23.3. The fraction of sp³-hybridized carbons (Fsp3) is 0.0909. The van der Waals surface area contributed by atoms with Crippen LogP contribution in [0.25, 0.3) is 0 Å². The van der Waals surface area contributed by atoms with Crippen LogP contribution < -0.4 is 20.3 Å². The lowest BCUT2D eigenvalue weighted by Gasteiger charge is -2.10. The summed E-state index contributed by atoms with van der Waals surface area (Å²) in [6.07, 6.45) is 0. The summed E-state index contributed by atoms with van der Waals surface area (Å²) in [4.78, 5) is 24.3. The molecule has 0 saturated carbocycles. The molecule has 0 fully saturated rings. The molecular weight excluding hydrogens is 483 g/mol. The van der Waals surface area contributed by atoms with Crippen LogP contribution in [-0.4, -0.2) is 25.0 Å². The molecule has 0 aliphatic carbocycles. The van der Waals surface area contributed by atoms with Gasteiger partial charge in [0.05, 0.1) is 5.56 Å². The van der Waals surface area contributed by atoms with Crippen molar-refractivity contribution in [2.24, 2.45) is 0 Å². The second-order valence-electron chi connectivity index (χ2n) is 5.92. The molecule has 2 N–H and O–H groups in total. The minimum atomic E-state index is -0.414. The predicted octanol–water partition coefficient (Wildman–Crippen LogP) is 3.82. The van der Waals surface area contributed by atoms with Gasteiger partial charge in [-0.3, -0.25) is 20.4 Å². The maximum absolute atomic E-state index is 12.2. The largest absolute Gasteiger partial charge is 0.490 e. The zero-order chi connectivity index (χ0) is 20.5. The SMILES string of the molecule is O=C(NNC(=O)c1ccccc1I)c1ccc(OCCOc2ccccc2)cc1. The summed E-state index contributed by atoms with van der Waals surface area (Å²) in [7, 11) is 0. The van der Waals surface area contributed by atoms with E-state index in [-0.39, 0.29) is 5.91 Å². The first-order valence-corrected chi connectivity index (χ1v) is 9.97. The number of amides is 2. The predicted molar refractivity (Wildman–Crippen MR) is 118 cm³/mol. The maximum Gasteiger partial charge on any atom is 0.270 e. The average molecular weight is 502 g/mol. The smallest absolute Gasteiger partial charge is 0.270 e. The molecule has 0 unspecified atom stereocenters. The normalized spacial score (nSPS) is 10.1. The van der Waals surface area contributed by atoms with Gasteiger partial charge in [-0.15, -0.1) is 0 Å². The number of hydrogen-bond acceptors (Lipinski definition) is 4. The van der Waals surface area contributed by atoms with Crippen LogP contribution in [0, 0.1) is 3.57 Å². The van der Waals surface area contributed by atoms with E-state index in [2.05, 4.69) is 33.4 Å². The molecule has 3 rings (SSSR count). The minimum absolute atomic E-state index is 0.373. The van der Waals surface area contributed by atoms with Gasteiger partial charge < -0.3 is 9.47 Å². The molecule has 0 saturated heterocycles. The minimum Gasteiger partial charge on any atom is -0.490 e. The van der Waals surface area contributed by atoms with E-state index in [0.29, 0.717) is 30.1 Å². The van der Waals surface area contributed by atoms with Gasteiger partial charge in [-0.25, -0.2) is 0 Å². The number of carbonyl (C=O) groups is 2. The van der Waals surface area contributed by atoms with Crippen LogP contribution in [-0.2, 0) is 0 Å². The van der Waals surface area contributed by atoms with Crippen molar-refractivity contribution < 1.29 is 19.1 Å². The van der Waals surface area contributed by atoms with Crippen molar-refractivity contribution >= 4 is 34.4 Å². The molecule has 29 heavy (non-hydrogen) atoms. The Morgan fingerprint density at radius 3 is 1.90 bits per heavy atom. The Morgan fingerprint density at radius 1 is 0.690 bits per heavy atom. The molecule has 0 bridgehead atoms. The topological polar surface area (TPSA) is 76.7 Å². The van der Waals surface area contributed by atoms with Crippen LogP contribution in [0.15, 0.2) is 78.9 Å². The third kappa shape index (κ3) is 6.21. The average Bonchev–Trinajstić information content (AvgIpc) is 2.76. The van der Waals surface area contributed by atoms with Crippen LogP contribution in [0.2, 0.25) is 0 Å². The molecule has 0 spiro atoms. The Balaban J connectivity index is 1.43. The molecule has 6 nitrogen and oxygen atoms in total. The highest BCUT2D eigenvalue weighted by molar-refractivity contribution is 14.1. The lowest BCUT2D eigenvalue weighted by molar-refractivity contribution is 0.0846. The number of carbonyl (C=O) groups excluding carboxylic acids is 2. The number of halogens is 1. The highest BCUT2D eigenvalue weighted by Crippen LogP contribution is 2.13. The summed E-state index contributed by atoms with van der Waals surface area (Å²) in [5, 5.41) is 0. The zero-order valence-corrected chi connectivity index (χ0v) is 17.6. The highest BCUT2D eigenvalue weighted by atomic mass is 127. The molecular formula is C22H19IN2O4. The molecule has 0 radical (unpaired) electrons. The van der Waals surface area contributed by atoms with E-state index >= 15 is 0 Å². The molecule has 0 heterocycles. The van der Waals surface area contributed by atoms with Crippen LogP contribution in [0.4, 0.5) is 0 Å². The fourth-order valence-electron chi connectivity index (χ4n) is 2.44. The Hall–Kier alpha value is -3.07. The van der Waals surface area contributed by atoms with Gasteiger partial charge in [0.1, 0.15) is 24.7 Å². The Morgan fingerprint density at radius 2 is 1.24 bits per heavy atom. The van der Waals surface area contributed by atoms with Crippen LogP contribution in [0.1, 0.15) is 20.7 Å². The van der Waals surface area contributed by atoms with Crippen molar-refractivity contribution in [1.82, 2.24) is 10.9 Å². The second-order valence-corrected chi connectivity index (χ2v) is 7.08. The number of nitrogens with one attached hydrogen (secondary N) is 2. The van der Waals surface area contributed by atoms with Crippen molar-refractivity contribution in [1.29, 1.82) is 0 Å². The van der Waals surface area contributed by atoms with Crippen molar-refractivity contribution in [3.63, 3.8) is 0 Å². The number of rotatable bonds is 7. The number of hydrazine groups is 1.